The zero-order valence-corrected chi connectivity index (χ0v) is 15.8. The third-order valence-corrected chi connectivity index (χ3v) is 5.13. The number of nitrogens with one attached hydrogen (secondary N) is 2. The summed E-state index contributed by atoms with van der Waals surface area (Å²) in [5, 5.41) is 14.2. The van der Waals surface area contributed by atoms with E-state index >= 15 is 0 Å². The van der Waals surface area contributed by atoms with Crippen molar-refractivity contribution < 1.29 is 4.79 Å². The van der Waals surface area contributed by atoms with Crippen molar-refractivity contribution >= 4 is 33.8 Å². The van der Waals surface area contributed by atoms with Crippen LogP contribution < -0.4 is 11.0 Å². The molecule has 0 saturated heterocycles. The van der Waals surface area contributed by atoms with Gasteiger partial charge in [-0.15, -0.1) is 0 Å². The van der Waals surface area contributed by atoms with E-state index in [0.717, 1.165) is 17.7 Å². The Hall–Kier alpha value is -2.97. The Balaban J connectivity index is 1.86. The fraction of sp³-hybridized carbons (Fsp3) is 0.211. The van der Waals surface area contributed by atoms with E-state index in [1.165, 1.54) is 4.40 Å². The standard InChI is InChI=1S/C19H19N5O2S/c1-23(2)7-6-20-18(25)15-10-17-21-22-19(26)24(17)16-9-12(3-4-14(15)16)13-5-8-27-11-13/h3-5,8-11H,6-7H2,1-2H3,(H,20,25)(H,22,26). The van der Waals surface area contributed by atoms with Crippen molar-refractivity contribution in [1.29, 1.82) is 0 Å². The summed E-state index contributed by atoms with van der Waals surface area (Å²) in [7, 11) is 3.91. The maximum atomic E-state index is 12.8. The molecule has 2 N–H and O–H groups in total. The van der Waals surface area contributed by atoms with Gasteiger partial charge in [-0.2, -0.15) is 16.4 Å². The second-order valence-electron chi connectivity index (χ2n) is 6.58. The van der Waals surface area contributed by atoms with E-state index in [1.54, 1.807) is 17.4 Å². The molecule has 138 valence electrons. The Morgan fingerprint density at radius 2 is 2.11 bits per heavy atom. The molecule has 1 aromatic carbocycles. The summed E-state index contributed by atoms with van der Waals surface area (Å²) in [6.07, 6.45) is 0. The number of carbonyl (C=O) groups excluding carboxylic acids is 1. The lowest BCUT2D eigenvalue weighted by molar-refractivity contribution is 0.0952. The molecule has 0 bridgehead atoms. The van der Waals surface area contributed by atoms with Gasteiger partial charge in [0.1, 0.15) is 0 Å². The summed E-state index contributed by atoms with van der Waals surface area (Å²) >= 11 is 1.61. The molecule has 4 aromatic rings. The minimum atomic E-state index is -0.322. The molecular formula is C19H19N5O2S. The summed E-state index contributed by atoms with van der Waals surface area (Å²) in [6, 6.07) is 9.46. The minimum absolute atomic E-state index is 0.178. The first-order valence-corrected chi connectivity index (χ1v) is 9.48. The maximum Gasteiger partial charge on any atom is 0.348 e. The topological polar surface area (TPSA) is 82.5 Å². The zero-order chi connectivity index (χ0) is 19.0. The first-order valence-electron chi connectivity index (χ1n) is 8.54. The van der Waals surface area contributed by atoms with Gasteiger partial charge in [-0.25, -0.2) is 14.3 Å². The van der Waals surface area contributed by atoms with E-state index in [4.69, 9.17) is 0 Å². The number of aromatic amines is 1. The van der Waals surface area contributed by atoms with Crippen LogP contribution in [0.25, 0.3) is 27.7 Å². The Morgan fingerprint density at radius 1 is 1.26 bits per heavy atom. The molecule has 0 saturated carbocycles. The van der Waals surface area contributed by atoms with E-state index in [1.807, 2.05) is 54.0 Å². The molecule has 4 rings (SSSR count). The van der Waals surface area contributed by atoms with Crippen LogP contribution in [0.15, 0.2) is 45.9 Å². The molecule has 1 amide bonds. The smallest absolute Gasteiger partial charge is 0.348 e. The van der Waals surface area contributed by atoms with Crippen molar-refractivity contribution in [3.63, 3.8) is 0 Å². The Labute approximate surface area is 159 Å². The highest BCUT2D eigenvalue weighted by molar-refractivity contribution is 7.08. The van der Waals surface area contributed by atoms with Crippen molar-refractivity contribution in [1.82, 2.24) is 24.8 Å². The molecule has 0 spiro atoms. The van der Waals surface area contributed by atoms with Crippen LogP contribution in [0.3, 0.4) is 0 Å². The summed E-state index contributed by atoms with van der Waals surface area (Å²) in [5.41, 5.74) is 3.33. The number of aromatic nitrogens is 3. The SMILES string of the molecule is CN(C)CCNC(=O)c1cc2n[nH]c(=O)n2c2cc(-c3ccsc3)ccc12. The molecule has 3 aromatic heterocycles. The van der Waals surface area contributed by atoms with Crippen LogP contribution in [0.5, 0.6) is 0 Å². The van der Waals surface area contributed by atoms with Gasteiger partial charge in [0, 0.05) is 18.5 Å². The first-order chi connectivity index (χ1) is 13.0. The number of amides is 1. The normalized spacial score (nSPS) is 11.5. The number of nitrogens with zero attached hydrogens (tertiary/aromatic N) is 3. The Morgan fingerprint density at radius 3 is 2.85 bits per heavy atom. The van der Waals surface area contributed by atoms with Crippen LogP contribution in [0.4, 0.5) is 0 Å². The van der Waals surface area contributed by atoms with Crippen LogP contribution in [-0.2, 0) is 0 Å². The van der Waals surface area contributed by atoms with Crippen LogP contribution in [-0.4, -0.2) is 52.6 Å². The second kappa shape index (κ2) is 6.98. The largest absolute Gasteiger partial charge is 0.351 e. The highest BCUT2D eigenvalue weighted by Crippen LogP contribution is 2.28. The Kier molecular flexibility index (Phi) is 4.51. The zero-order valence-electron chi connectivity index (χ0n) is 15.0. The molecular weight excluding hydrogens is 362 g/mol. The summed E-state index contributed by atoms with van der Waals surface area (Å²) in [5.74, 6) is -0.178. The number of hydrogen-bond donors (Lipinski definition) is 2. The van der Waals surface area contributed by atoms with E-state index < -0.39 is 0 Å². The molecule has 0 aliphatic carbocycles. The van der Waals surface area contributed by atoms with Crippen molar-refractivity contribution in [2.75, 3.05) is 27.2 Å². The maximum absolute atomic E-state index is 12.8. The molecule has 7 nitrogen and oxygen atoms in total. The fourth-order valence-corrected chi connectivity index (χ4v) is 3.74. The lowest BCUT2D eigenvalue weighted by Crippen LogP contribution is -2.31. The van der Waals surface area contributed by atoms with Gasteiger partial charge in [0.25, 0.3) is 5.91 Å². The highest BCUT2D eigenvalue weighted by Gasteiger charge is 2.16. The van der Waals surface area contributed by atoms with E-state index in [-0.39, 0.29) is 11.6 Å². The van der Waals surface area contributed by atoms with E-state index in [0.29, 0.717) is 28.7 Å². The number of thiophene rings is 1. The minimum Gasteiger partial charge on any atom is -0.351 e. The molecule has 0 radical (unpaired) electrons. The monoisotopic (exact) mass is 381 g/mol. The van der Waals surface area contributed by atoms with E-state index in [2.05, 4.69) is 15.5 Å². The van der Waals surface area contributed by atoms with Crippen molar-refractivity contribution in [2.24, 2.45) is 0 Å². The van der Waals surface area contributed by atoms with E-state index in [9.17, 15) is 9.59 Å². The highest BCUT2D eigenvalue weighted by atomic mass is 32.1. The van der Waals surface area contributed by atoms with Gasteiger partial charge in [-0.3, -0.25) is 4.79 Å². The molecule has 3 heterocycles. The lowest BCUT2D eigenvalue weighted by atomic mass is 10.0. The molecule has 8 heteroatoms. The molecule has 0 fully saturated rings. The summed E-state index contributed by atoms with van der Waals surface area (Å²) in [6.45, 7) is 1.29. The van der Waals surface area contributed by atoms with Crippen LogP contribution in [0.2, 0.25) is 0 Å². The number of fused-ring (bicyclic) bond motifs is 3. The quantitative estimate of drug-likeness (QED) is 0.555. The molecule has 0 aliphatic heterocycles. The number of H-pyrrole nitrogens is 1. The predicted octanol–water partition coefficient (Wildman–Crippen LogP) is 2.20. The van der Waals surface area contributed by atoms with Crippen LogP contribution in [0, 0.1) is 0 Å². The lowest BCUT2D eigenvalue weighted by Gasteiger charge is -2.12. The predicted molar refractivity (Wildman–Crippen MR) is 108 cm³/mol. The third kappa shape index (κ3) is 3.24. The first kappa shape index (κ1) is 17.4. The van der Waals surface area contributed by atoms with Gasteiger partial charge in [0.15, 0.2) is 5.65 Å². The van der Waals surface area contributed by atoms with Gasteiger partial charge in [-0.05, 0) is 54.2 Å². The number of likely N-dealkylation sites (N-methyl/N-ethyl adjacent to an activating group) is 1. The average Bonchev–Trinajstić information content (AvgIpc) is 3.30. The van der Waals surface area contributed by atoms with Gasteiger partial charge in [0.05, 0.1) is 11.1 Å². The third-order valence-electron chi connectivity index (χ3n) is 4.44. The number of hydrogen-bond acceptors (Lipinski definition) is 5. The van der Waals surface area contributed by atoms with Gasteiger partial charge in [-0.1, -0.05) is 12.1 Å². The van der Waals surface area contributed by atoms with Crippen molar-refractivity contribution in [3.8, 4) is 11.1 Å². The van der Waals surface area contributed by atoms with Crippen LogP contribution >= 0.6 is 11.3 Å². The van der Waals surface area contributed by atoms with Gasteiger partial charge in [0.2, 0.25) is 0 Å². The summed E-state index contributed by atoms with van der Waals surface area (Å²) in [4.78, 5) is 27.0. The number of benzene rings is 1. The number of rotatable bonds is 5. The van der Waals surface area contributed by atoms with Crippen molar-refractivity contribution in [2.45, 2.75) is 0 Å². The molecule has 0 unspecified atom stereocenters. The van der Waals surface area contributed by atoms with Crippen molar-refractivity contribution in [3.05, 3.63) is 57.1 Å². The average molecular weight is 381 g/mol. The Bertz CT molecular complexity index is 1170. The van der Waals surface area contributed by atoms with Gasteiger partial charge >= 0.3 is 5.69 Å². The number of pyridine rings is 1. The molecule has 27 heavy (non-hydrogen) atoms. The second-order valence-corrected chi connectivity index (χ2v) is 7.36. The van der Waals surface area contributed by atoms with Gasteiger partial charge < -0.3 is 10.2 Å². The summed E-state index contributed by atoms with van der Waals surface area (Å²) < 4.78 is 1.50. The molecule has 0 aliphatic rings. The molecule has 0 atom stereocenters. The van der Waals surface area contributed by atoms with Crippen LogP contribution in [0.1, 0.15) is 10.4 Å². The number of carbonyl (C=O) groups is 1. The fourth-order valence-electron chi connectivity index (χ4n) is 3.07.